The molecule has 0 aliphatic carbocycles. The van der Waals surface area contributed by atoms with Crippen molar-refractivity contribution >= 4 is 0 Å². The summed E-state index contributed by atoms with van der Waals surface area (Å²) in [5.74, 6) is -0.0911. The lowest BCUT2D eigenvalue weighted by Crippen LogP contribution is -2.13. The average molecular weight is 238 g/mol. The van der Waals surface area contributed by atoms with E-state index in [9.17, 15) is 20.2 Å². The van der Waals surface area contributed by atoms with Crippen LogP contribution in [0.25, 0.3) is 0 Å². The molecular formula is C10H10N2O5. The van der Waals surface area contributed by atoms with E-state index in [1.807, 2.05) is 0 Å². The summed E-state index contributed by atoms with van der Waals surface area (Å²) in [7, 11) is 0. The highest BCUT2D eigenvalue weighted by atomic mass is 16.6. The Morgan fingerprint density at radius 1 is 1.18 bits per heavy atom. The van der Waals surface area contributed by atoms with Gasteiger partial charge in [0.15, 0.2) is 5.76 Å². The summed E-state index contributed by atoms with van der Waals surface area (Å²) < 4.78 is 4.95. The van der Waals surface area contributed by atoms with E-state index < -0.39 is 21.9 Å². The van der Waals surface area contributed by atoms with Crippen LogP contribution in [0.3, 0.4) is 0 Å². The van der Waals surface area contributed by atoms with Crippen LogP contribution < -0.4 is 0 Å². The smallest absolute Gasteiger partial charge is 0.288 e. The standard InChI is InChI=1S/C10H10N2O5/c1-3-8(11(13)14)7-5-6-17-10(7)9(4-2)12(15)16/h3-6,8-9H,1-2H2. The van der Waals surface area contributed by atoms with Crippen molar-refractivity contribution in [1.82, 2.24) is 0 Å². The zero-order valence-corrected chi connectivity index (χ0v) is 8.81. The van der Waals surface area contributed by atoms with Gasteiger partial charge in [-0.3, -0.25) is 20.2 Å². The van der Waals surface area contributed by atoms with E-state index in [4.69, 9.17) is 4.42 Å². The van der Waals surface area contributed by atoms with Gasteiger partial charge in [0.25, 0.3) is 12.1 Å². The molecular weight excluding hydrogens is 228 g/mol. The molecule has 0 radical (unpaired) electrons. The van der Waals surface area contributed by atoms with Crippen molar-refractivity contribution in [2.75, 3.05) is 0 Å². The molecule has 0 aliphatic heterocycles. The van der Waals surface area contributed by atoms with Gasteiger partial charge in [0, 0.05) is 9.85 Å². The third-order valence-electron chi connectivity index (χ3n) is 2.22. The second-order valence-corrected chi connectivity index (χ2v) is 3.17. The average Bonchev–Trinajstić information content (AvgIpc) is 2.68. The van der Waals surface area contributed by atoms with Gasteiger partial charge in [-0.25, -0.2) is 0 Å². The molecule has 0 aliphatic rings. The Morgan fingerprint density at radius 2 is 1.71 bits per heavy atom. The van der Waals surface area contributed by atoms with Gasteiger partial charge in [-0.2, -0.15) is 0 Å². The first-order valence-corrected chi connectivity index (χ1v) is 4.62. The van der Waals surface area contributed by atoms with Gasteiger partial charge in [0.05, 0.1) is 11.8 Å². The highest BCUT2D eigenvalue weighted by Gasteiger charge is 2.32. The molecule has 0 amide bonds. The summed E-state index contributed by atoms with van der Waals surface area (Å²) in [5, 5.41) is 21.5. The van der Waals surface area contributed by atoms with E-state index in [-0.39, 0.29) is 11.3 Å². The molecule has 0 aromatic carbocycles. The lowest BCUT2D eigenvalue weighted by atomic mass is 10.0. The molecule has 1 rings (SSSR count). The summed E-state index contributed by atoms with van der Waals surface area (Å²) >= 11 is 0. The van der Waals surface area contributed by atoms with Crippen molar-refractivity contribution in [2.24, 2.45) is 0 Å². The Kier molecular flexibility index (Phi) is 3.76. The summed E-state index contributed by atoms with van der Waals surface area (Å²) in [6.07, 6.45) is 3.32. The Bertz CT molecular complexity index is 425. The molecule has 1 aromatic heterocycles. The van der Waals surface area contributed by atoms with Gasteiger partial charge in [-0.1, -0.05) is 13.2 Å². The van der Waals surface area contributed by atoms with Gasteiger partial charge in [0.2, 0.25) is 0 Å². The van der Waals surface area contributed by atoms with Crippen LogP contribution in [-0.2, 0) is 0 Å². The largest absolute Gasteiger partial charge is 0.461 e. The fraction of sp³-hybridized carbons (Fsp3) is 0.200. The maximum atomic E-state index is 10.8. The normalized spacial score (nSPS) is 13.6. The number of hydrogen-bond acceptors (Lipinski definition) is 5. The predicted octanol–water partition coefficient (Wildman–Crippen LogP) is 2.29. The highest BCUT2D eigenvalue weighted by molar-refractivity contribution is 5.26. The molecule has 0 spiro atoms. The minimum absolute atomic E-state index is 0.0911. The molecule has 0 saturated carbocycles. The number of nitro groups is 2. The van der Waals surface area contributed by atoms with Crippen LogP contribution in [0.5, 0.6) is 0 Å². The van der Waals surface area contributed by atoms with Crippen LogP contribution in [-0.4, -0.2) is 9.85 Å². The molecule has 7 nitrogen and oxygen atoms in total. The molecule has 1 aromatic rings. The second kappa shape index (κ2) is 5.06. The zero-order valence-electron chi connectivity index (χ0n) is 8.81. The van der Waals surface area contributed by atoms with Crippen LogP contribution >= 0.6 is 0 Å². The summed E-state index contributed by atoms with van der Waals surface area (Å²) in [5.41, 5.74) is 0.117. The van der Waals surface area contributed by atoms with Crippen LogP contribution in [0.4, 0.5) is 0 Å². The minimum atomic E-state index is -1.30. The maximum absolute atomic E-state index is 10.8. The van der Waals surface area contributed by atoms with Gasteiger partial charge in [0.1, 0.15) is 0 Å². The highest BCUT2D eigenvalue weighted by Crippen LogP contribution is 2.29. The van der Waals surface area contributed by atoms with Crippen molar-refractivity contribution in [2.45, 2.75) is 12.1 Å². The minimum Gasteiger partial charge on any atom is -0.461 e. The topological polar surface area (TPSA) is 99.4 Å². The van der Waals surface area contributed by atoms with Crippen molar-refractivity contribution < 1.29 is 14.3 Å². The second-order valence-electron chi connectivity index (χ2n) is 3.17. The Balaban J connectivity index is 3.24. The summed E-state index contributed by atoms with van der Waals surface area (Å²) in [6, 6.07) is -1.21. The van der Waals surface area contributed by atoms with Crippen molar-refractivity contribution in [1.29, 1.82) is 0 Å². The number of hydrogen-bond donors (Lipinski definition) is 0. The number of furan rings is 1. The van der Waals surface area contributed by atoms with Crippen LogP contribution in [0.2, 0.25) is 0 Å². The monoisotopic (exact) mass is 238 g/mol. The Hall–Kier alpha value is -2.44. The third-order valence-corrected chi connectivity index (χ3v) is 2.22. The van der Waals surface area contributed by atoms with Gasteiger partial charge >= 0.3 is 0 Å². The maximum Gasteiger partial charge on any atom is 0.288 e. The predicted molar refractivity (Wildman–Crippen MR) is 58.6 cm³/mol. The Labute approximate surface area is 96.3 Å². The summed E-state index contributed by atoms with van der Waals surface area (Å²) in [6.45, 7) is 6.64. The Morgan fingerprint density at radius 3 is 2.12 bits per heavy atom. The van der Waals surface area contributed by atoms with Gasteiger partial charge < -0.3 is 4.42 Å². The van der Waals surface area contributed by atoms with Crippen molar-refractivity contribution in [3.8, 4) is 0 Å². The SMILES string of the molecule is C=CC(c1ccoc1C(C=C)[N+](=O)[O-])[N+](=O)[O-]. The molecule has 0 N–H and O–H groups in total. The molecule has 2 unspecified atom stereocenters. The molecule has 2 atom stereocenters. The molecule has 17 heavy (non-hydrogen) atoms. The third kappa shape index (κ3) is 2.39. The molecule has 7 heteroatoms. The van der Waals surface area contributed by atoms with E-state index in [2.05, 4.69) is 13.2 Å². The lowest BCUT2D eigenvalue weighted by Gasteiger charge is -2.06. The fourth-order valence-corrected chi connectivity index (χ4v) is 1.43. The van der Waals surface area contributed by atoms with Gasteiger partial charge in [-0.05, 0) is 18.2 Å². The first kappa shape index (κ1) is 12.6. The number of nitrogens with zero attached hydrogens (tertiary/aromatic N) is 2. The molecule has 0 bridgehead atoms. The molecule has 90 valence electrons. The van der Waals surface area contributed by atoms with Crippen molar-refractivity contribution in [3.63, 3.8) is 0 Å². The molecule has 0 fully saturated rings. The fourth-order valence-electron chi connectivity index (χ4n) is 1.43. The lowest BCUT2D eigenvalue weighted by molar-refractivity contribution is -0.524. The number of rotatable bonds is 6. The van der Waals surface area contributed by atoms with Gasteiger partial charge in [-0.15, -0.1) is 0 Å². The molecule has 0 saturated heterocycles. The van der Waals surface area contributed by atoms with Crippen LogP contribution in [0.1, 0.15) is 23.4 Å². The van der Waals surface area contributed by atoms with Crippen LogP contribution in [0.15, 0.2) is 42.1 Å². The van der Waals surface area contributed by atoms with E-state index in [0.29, 0.717) is 0 Å². The first-order chi connectivity index (χ1) is 8.02. The summed E-state index contributed by atoms with van der Waals surface area (Å²) in [4.78, 5) is 20.3. The van der Waals surface area contributed by atoms with E-state index in [1.165, 1.54) is 12.3 Å². The zero-order chi connectivity index (χ0) is 13.0. The van der Waals surface area contributed by atoms with E-state index >= 15 is 0 Å². The van der Waals surface area contributed by atoms with E-state index in [0.717, 1.165) is 12.2 Å². The molecule has 1 heterocycles. The van der Waals surface area contributed by atoms with Crippen LogP contribution in [0, 0.1) is 20.2 Å². The van der Waals surface area contributed by atoms with E-state index in [1.54, 1.807) is 0 Å². The quantitative estimate of drug-likeness (QED) is 0.430. The van der Waals surface area contributed by atoms with Crippen molar-refractivity contribution in [3.05, 3.63) is 69.2 Å². The first-order valence-electron chi connectivity index (χ1n) is 4.62.